The van der Waals surface area contributed by atoms with E-state index in [9.17, 15) is 14.7 Å². The quantitative estimate of drug-likeness (QED) is 0.739. The molecule has 0 saturated carbocycles. The minimum atomic E-state index is -2.02. The van der Waals surface area contributed by atoms with Gasteiger partial charge in [0.2, 0.25) is 11.5 Å². The van der Waals surface area contributed by atoms with Crippen LogP contribution in [0.25, 0.3) is 0 Å². The minimum absolute atomic E-state index is 0.142. The first-order valence-corrected chi connectivity index (χ1v) is 8.40. The van der Waals surface area contributed by atoms with Crippen molar-refractivity contribution in [2.24, 2.45) is 0 Å². The van der Waals surface area contributed by atoms with Gasteiger partial charge in [-0.05, 0) is 11.6 Å². The number of ketones is 1. The second kappa shape index (κ2) is 6.24. The third-order valence-electron chi connectivity index (χ3n) is 4.70. The Kier molecular flexibility index (Phi) is 3.90. The predicted octanol–water partition coefficient (Wildman–Crippen LogP) is 3.37. The van der Waals surface area contributed by atoms with Crippen LogP contribution >= 0.6 is 0 Å². The number of aliphatic hydroxyl groups is 1. The van der Waals surface area contributed by atoms with Crippen molar-refractivity contribution in [3.05, 3.63) is 107 Å². The summed E-state index contributed by atoms with van der Waals surface area (Å²) >= 11 is 0. The van der Waals surface area contributed by atoms with Crippen molar-refractivity contribution in [2.75, 3.05) is 0 Å². The molecule has 0 aromatic heterocycles. The molecule has 1 heterocycles. The van der Waals surface area contributed by atoms with E-state index in [0.717, 1.165) is 5.56 Å². The van der Waals surface area contributed by atoms with Gasteiger partial charge in [0.25, 0.3) is 5.91 Å². The van der Waals surface area contributed by atoms with Crippen molar-refractivity contribution in [2.45, 2.75) is 12.3 Å². The molecule has 1 aliphatic heterocycles. The third-order valence-corrected chi connectivity index (χ3v) is 4.70. The van der Waals surface area contributed by atoms with E-state index < -0.39 is 11.5 Å². The number of hydrogen-bond donors (Lipinski definition) is 1. The van der Waals surface area contributed by atoms with Crippen LogP contribution in [0.1, 0.15) is 31.8 Å². The summed E-state index contributed by atoms with van der Waals surface area (Å²) in [6.45, 7) is 0.142. The lowest BCUT2D eigenvalue weighted by atomic mass is 9.93. The zero-order chi connectivity index (χ0) is 18.1. The van der Waals surface area contributed by atoms with E-state index in [2.05, 4.69) is 0 Å². The second-order valence-electron chi connectivity index (χ2n) is 6.29. The Balaban J connectivity index is 1.84. The summed E-state index contributed by atoms with van der Waals surface area (Å²) in [6.07, 6.45) is 0. The number of benzene rings is 3. The predicted molar refractivity (Wildman–Crippen MR) is 97.4 cm³/mol. The van der Waals surface area contributed by atoms with Gasteiger partial charge in [-0.2, -0.15) is 0 Å². The first kappa shape index (κ1) is 16.2. The van der Waals surface area contributed by atoms with Crippen molar-refractivity contribution in [1.82, 2.24) is 4.90 Å². The molecule has 0 fully saturated rings. The van der Waals surface area contributed by atoms with Gasteiger partial charge in [-0.3, -0.25) is 14.5 Å². The monoisotopic (exact) mass is 343 g/mol. The van der Waals surface area contributed by atoms with Gasteiger partial charge in [0.05, 0.1) is 0 Å². The SMILES string of the molecule is O=C1c2ccccc2C(O)(C(=O)c2ccccc2)N1Cc1ccccc1. The number of nitrogens with zero attached hydrogens (tertiary/aromatic N) is 1. The van der Waals surface area contributed by atoms with Crippen LogP contribution in [-0.4, -0.2) is 21.7 Å². The summed E-state index contributed by atoms with van der Waals surface area (Å²) in [6, 6.07) is 24.6. The topological polar surface area (TPSA) is 57.6 Å². The first-order valence-electron chi connectivity index (χ1n) is 8.40. The lowest BCUT2D eigenvalue weighted by Crippen LogP contribution is -2.49. The highest BCUT2D eigenvalue weighted by Gasteiger charge is 2.53. The molecule has 26 heavy (non-hydrogen) atoms. The molecule has 4 heteroatoms. The first-order chi connectivity index (χ1) is 12.6. The van der Waals surface area contributed by atoms with Crippen LogP contribution in [0.2, 0.25) is 0 Å². The van der Waals surface area contributed by atoms with Crippen molar-refractivity contribution >= 4 is 11.7 Å². The van der Waals surface area contributed by atoms with E-state index in [0.29, 0.717) is 16.7 Å². The molecular formula is C22H17NO3. The highest BCUT2D eigenvalue weighted by Crippen LogP contribution is 2.40. The summed E-state index contributed by atoms with van der Waals surface area (Å²) in [5.74, 6) is -0.858. The Bertz CT molecular complexity index is 969. The molecule has 0 saturated heterocycles. The lowest BCUT2D eigenvalue weighted by Gasteiger charge is -2.33. The van der Waals surface area contributed by atoms with Crippen LogP contribution in [0.15, 0.2) is 84.9 Å². The van der Waals surface area contributed by atoms with Crippen LogP contribution in [-0.2, 0) is 12.3 Å². The van der Waals surface area contributed by atoms with Crippen molar-refractivity contribution < 1.29 is 14.7 Å². The van der Waals surface area contributed by atoms with E-state index in [1.165, 1.54) is 4.90 Å². The molecule has 0 aliphatic carbocycles. The Morgan fingerprint density at radius 1 is 0.846 bits per heavy atom. The largest absolute Gasteiger partial charge is 0.360 e. The summed E-state index contributed by atoms with van der Waals surface area (Å²) in [5.41, 5.74) is -0.138. The third kappa shape index (κ3) is 2.43. The van der Waals surface area contributed by atoms with Crippen LogP contribution < -0.4 is 0 Å². The lowest BCUT2D eigenvalue weighted by molar-refractivity contribution is -0.0596. The van der Waals surface area contributed by atoms with Gasteiger partial charge >= 0.3 is 0 Å². The molecule has 0 radical (unpaired) electrons. The van der Waals surface area contributed by atoms with Gasteiger partial charge in [-0.15, -0.1) is 0 Å². The van der Waals surface area contributed by atoms with E-state index in [-0.39, 0.29) is 12.5 Å². The molecule has 3 aromatic carbocycles. The zero-order valence-electron chi connectivity index (χ0n) is 14.0. The van der Waals surface area contributed by atoms with Crippen molar-refractivity contribution in [3.8, 4) is 0 Å². The zero-order valence-corrected chi connectivity index (χ0v) is 14.0. The molecule has 1 N–H and O–H groups in total. The maximum Gasteiger partial charge on any atom is 0.257 e. The van der Waals surface area contributed by atoms with Crippen molar-refractivity contribution in [1.29, 1.82) is 0 Å². The Morgan fingerprint density at radius 2 is 1.42 bits per heavy atom. The van der Waals surface area contributed by atoms with Crippen molar-refractivity contribution in [3.63, 3.8) is 0 Å². The molecule has 3 aromatic rings. The molecule has 1 aliphatic rings. The highest BCUT2D eigenvalue weighted by atomic mass is 16.3. The average Bonchev–Trinajstić information content (AvgIpc) is 2.92. The molecule has 1 atom stereocenters. The number of carbonyl (C=O) groups is 2. The molecular weight excluding hydrogens is 326 g/mol. The summed E-state index contributed by atoms with van der Waals surface area (Å²) in [5, 5.41) is 11.5. The van der Waals surface area contributed by atoms with Crippen LogP contribution in [0, 0.1) is 0 Å². The number of carbonyl (C=O) groups excluding carboxylic acids is 2. The maximum absolute atomic E-state index is 13.2. The summed E-state index contributed by atoms with van der Waals surface area (Å²) in [7, 11) is 0. The smallest absolute Gasteiger partial charge is 0.257 e. The fourth-order valence-electron chi connectivity index (χ4n) is 3.40. The average molecular weight is 343 g/mol. The van der Waals surface area contributed by atoms with E-state index in [4.69, 9.17) is 0 Å². The number of rotatable bonds is 4. The standard InChI is InChI=1S/C22H17NO3/c24-20(17-11-5-2-6-12-17)22(26)19-14-8-7-13-18(19)21(25)23(22)15-16-9-3-1-4-10-16/h1-14,26H,15H2. The van der Waals surface area contributed by atoms with Gasteiger partial charge in [0, 0.05) is 23.2 Å². The Morgan fingerprint density at radius 3 is 2.12 bits per heavy atom. The molecule has 1 unspecified atom stereocenters. The molecule has 128 valence electrons. The maximum atomic E-state index is 13.2. The number of Topliss-reactive ketones (excluding diaryl/α,β-unsaturated/α-hetero) is 1. The van der Waals surface area contributed by atoms with Gasteiger partial charge in [-0.25, -0.2) is 0 Å². The van der Waals surface area contributed by atoms with Crippen LogP contribution in [0.5, 0.6) is 0 Å². The Hall–Kier alpha value is -3.24. The van der Waals surface area contributed by atoms with Gasteiger partial charge in [-0.1, -0.05) is 78.9 Å². The minimum Gasteiger partial charge on any atom is -0.360 e. The summed E-state index contributed by atoms with van der Waals surface area (Å²) < 4.78 is 0. The molecule has 4 nitrogen and oxygen atoms in total. The second-order valence-corrected chi connectivity index (χ2v) is 6.29. The van der Waals surface area contributed by atoms with Gasteiger partial charge in [0.15, 0.2) is 0 Å². The fraction of sp³-hybridized carbons (Fsp3) is 0.0909. The highest BCUT2D eigenvalue weighted by molar-refractivity contribution is 6.11. The van der Waals surface area contributed by atoms with Crippen LogP contribution in [0.3, 0.4) is 0 Å². The van der Waals surface area contributed by atoms with Gasteiger partial charge < -0.3 is 5.11 Å². The van der Waals surface area contributed by atoms with E-state index in [1.807, 2.05) is 30.3 Å². The molecule has 1 amide bonds. The molecule has 0 bridgehead atoms. The summed E-state index contributed by atoms with van der Waals surface area (Å²) in [4.78, 5) is 27.5. The molecule has 0 spiro atoms. The normalized spacial score (nSPS) is 18.7. The molecule has 4 rings (SSSR count). The van der Waals surface area contributed by atoms with E-state index >= 15 is 0 Å². The van der Waals surface area contributed by atoms with Crippen LogP contribution in [0.4, 0.5) is 0 Å². The number of fused-ring (bicyclic) bond motifs is 1. The van der Waals surface area contributed by atoms with Gasteiger partial charge in [0.1, 0.15) is 0 Å². The number of hydrogen-bond acceptors (Lipinski definition) is 3. The van der Waals surface area contributed by atoms with E-state index in [1.54, 1.807) is 54.6 Å². The Labute approximate surface area is 151 Å². The fourth-order valence-corrected chi connectivity index (χ4v) is 3.40. The number of amides is 1.